The second-order valence-electron chi connectivity index (χ2n) is 8.41. The fourth-order valence-electron chi connectivity index (χ4n) is 4.33. The average Bonchev–Trinajstić information content (AvgIpc) is 2.94. The van der Waals surface area contributed by atoms with Crippen molar-refractivity contribution in [1.29, 1.82) is 0 Å². The number of urea groups is 1. The Bertz CT molecular complexity index is 1090. The molecule has 2 heterocycles. The molecule has 0 bridgehead atoms. The number of hydrazone groups is 1. The zero-order chi connectivity index (χ0) is 25.0. The van der Waals surface area contributed by atoms with Gasteiger partial charge in [-0.3, -0.25) is 4.98 Å². The number of carbonyl (C=O) groups is 1. The summed E-state index contributed by atoms with van der Waals surface area (Å²) in [5.41, 5.74) is 5.21. The van der Waals surface area contributed by atoms with Gasteiger partial charge in [0.05, 0.1) is 5.69 Å². The molecular formula is C30H36N4O. The molecule has 182 valence electrons. The Morgan fingerprint density at radius 2 is 1.77 bits per heavy atom. The van der Waals surface area contributed by atoms with E-state index < -0.39 is 0 Å². The fourth-order valence-corrected chi connectivity index (χ4v) is 4.33. The first-order chi connectivity index (χ1) is 17.2. The van der Waals surface area contributed by atoms with Crippen LogP contribution in [0.5, 0.6) is 0 Å². The van der Waals surface area contributed by atoms with Crippen molar-refractivity contribution < 1.29 is 4.79 Å². The monoisotopic (exact) mass is 468 g/mol. The molecule has 35 heavy (non-hydrogen) atoms. The number of benzene rings is 2. The third-order valence-electron chi connectivity index (χ3n) is 6.15. The second-order valence-corrected chi connectivity index (χ2v) is 8.41. The van der Waals surface area contributed by atoms with Crippen molar-refractivity contribution in [2.75, 3.05) is 6.54 Å². The molecule has 4 rings (SSSR count). The van der Waals surface area contributed by atoms with Crippen LogP contribution < -0.4 is 0 Å². The summed E-state index contributed by atoms with van der Waals surface area (Å²) in [6.45, 7) is 10.4. The maximum Gasteiger partial charge on any atom is 0.344 e. The molecule has 1 aliphatic rings. The lowest BCUT2D eigenvalue weighted by atomic mass is 9.96. The van der Waals surface area contributed by atoms with Gasteiger partial charge in [-0.05, 0) is 61.4 Å². The number of hydrogen-bond acceptors (Lipinski definition) is 3. The van der Waals surface area contributed by atoms with Gasteiger partial charge in [0.1, 0.15) is 0 Å². The average molecular weight is 469 g/mol. The highest BCUT2D eigenvalue weighted by molar-refractivity contribution is 5.78. The molecule has 0 aliphatic carbocycles. The van der Waals surface area contributed by atoms with Crippen molar-refractivity contribution in [3.8, 4) is 11.3 Å². The first kappa shape index (κ1) is 25.9. The lowest BCUT2D eigenvalue weighted by Gasteiger charge is -2.37. The van der Waals surface area contributed by atoms with Crippen molar-refractivity contribution in [2.24, 2.45) is 5.10 Å². The van der Waals surface area contributed by atoms with Gasteiger partial charge in [-0.25, -0.2) is 4.79 Å². The van der Waals surface area contributed by atoms with E-state index in [1.165, 1.54) is 10.6 Å². The summed E-state index contributed by atoms with van der Waals surface area (Å²) in [5, 5.41) is 5.42. The van der Waals surface area contributed by atoms with Gasteiger partial charge in [0.2, 0.25) is 0 Å². The maximum atomic E-state index is 13.4. The molecule has 2 aromatic carbocycles. The molecule has 5 nitrogen and oxygen atoms in total. The standard InChI is InChI=1S/C28H30N4O.C2H6/c1-22(24-14-16-25(17-15-24)27-13-6-8-18-30-27)21-32(29-2)28(33)31-19-9-7-12-26(31)20-23-10-4-3-5-11-23;1-2/h3-6,8,10-11,13-18,21,26H,2,7,9,12,19-20H2,1H3;1-2H3/b22-21+;. The second kappa shape index (κ2) is 13.2. The number of amides is 2. The van der Waals surface area contributed by atoms with Crippen LogP contribution in [0.3, 0.4) is 0 Å². The maximum absolute atomic E-state index is 13.4. The molecule has 1 aromatic heterocycles. The van der Waals surface area contributed by atoms with Crippen molar-refractivity contribution >= 4 is 18.3 Å². The molecule has 0 radical (unpaired) electrons. The first-order valence-electron chi connectivity index (χ1n) is 12.5. The zero-order valence-electron chi connectivity index (χ0n) is 21.1. The Morgan fingerprint density at radius 1 is 1.06 bits per heavy atom. The van der Waals surface area contributed by atoms with Crippen molar-refractivity contribution in [1.82, 2.24) is 14.9 Å². The lowest BCUT2D eigenvalue weighted by Crippen LogP contribution is -2.48. The van der Waals surface area contributed by atoms with E-state index in [0.29, 0.717) is 0 Å². The predicted molar refractivity (Wildman–Crippen MR) is 146 cm³/mol. The molecule has 0 spiro atoms. The van der Waals surface area contributed by atoms with Crippen LogP contribution >= 0.6 is 0 Å². The van der Waals surface area contributed by atoms with Crippen LogP contribution in [-0.2, 0) is 6.42 Å². The van der Waals surface area contributed by atoms with Crippen LogP contribution in [0.15, 0.2) is 90.3 Å². The number of nitrogens with zero attached hydrogens (tertiary/aromatic N) is 4. The third-order valence-corrected chi connectivity index (χ3v) is 6.15. The molecule has 5 heteroatoms. The van der Waals surface area contributed by atoms with E-state index in [1.54, 1.807) is 12.4 Å². The lowest BCUT2D eigenvalue weighted by molar-refractivity contribution is 0.128. The molecule has 2 amide bonds. The Balaban J connectivity index is 0.00000167. The molecule has 1 unspecified atom stereocenters. The van der Waals surface area contributed by atoms with Crippen LogP contribution in [0.4, 0.5) is 4.79 Å². The number of piperidine rings is 1. The topological polar surface area (TPSA) is 48.8 Å². The van der Waals surface area contributed by atoms with Gasteiger partial charge in [0.25, 0.3) is 0 Å². The highest BCUT2D eigenvalue weighted by Crippen LogP contribution is 2.24. The summed E-state index contributed by atoms with van der Waals surface area (Å²) < 4.78 is 0. The van der Waals surface area contributed by atoms with Gasteiger partial charge in [-0.2, -0.15) is 10.1 Å². The van der Waals surface area contributed by atoms with Crippen LogP contribution in [0.1, 0.15) is 51.2 Å². The summed E-state index contributed by atoms with van der Waals surface area (Å²) in [6, 6.07) is 24.5. The molecule has 0 saturated carbocycles. The van der Waals surface area contributed by atoms with E-state index in [-0.39, 0.29) is 12.1 Å². The smallest absolute Gasteiger partial charge is 0.320 e. The van der Waals surface area contributed by atoms with Crippen molar-refractivity contribution in [3.05, 3.63) is 96.3 Å². The third kappa shape index (κ3) is 6.89. The van der Waals surface area contributed by atoms with Gasteiger partial charge >= 0.3 is 6.03 Å². The van der Waals surface area contributed by atoms with Gasteiger partial charge in [-0.15, -0.1) is 0 Å². The number of aromatic nitrogens is 1. The molecule has 1 saturated heterocycles. The number of pyridine rings is 1. The molecule has 1 aliphatic heterocycles. The van der Waals surface area contributed by atoms with E-state index in [0.717, 1.165) is 54.6 Å². The van der Waals surface area contributed by atoms with Gasteiger partial charge in [-0.1, -0.05) is 74.5 Å². The Morgan fingerprint density at radius 3 is 2.43 bits per heavy atom. The normalized spacial score (nSPS) is 15.6. The summed E-state index contributed by atoms with van der Waals surface area (Å²) in [6.07, 6.45) is 7.58. The predicted octanol–water partition coefficient (Wildman–Crippen LogP) is 7.27. The van der Waals surface area contributed by atoms with Crippen molar-refractivity contribution in [3.63, 3.8) is 0 Å². The fraction of sp³-hybridized carbons (Fsp3) is 0.300. The van der Waals surface area contributed by atoms with Crippen LogP contribution in [0.2, 0.25) is 0 Å². The Labute approximate surface area is 209 Å². The van der Waals surface area contributed by atoms with Crippen LogP contribution in [-0.4, -0.2) is 40.2 Å². The number of hydrogen-bond donors (Lipinski definition) is 0. The number of carbonyl (C=O) groups excluding carboxylic acids is 1. The molecule has 0 N–H and O–H groups in total. The summed E-state index contributed by atoms with van der Waals surface area (Å²) in [7, 11) is 0. The minimum absolute atomic E-state index is 0.116. The Hall–Kier alpha value is -3.73. The SMILES string of the molecule is C=NN(/C=C(\C)c1ccc(-c2ccccn2)cc1)C(=O)N1CCCCC1Cc1ccccc1.CC. The molecule has 3 aromatic rings. The van der Waals surface area contributed by atoms with E-state index in [2.05, 4.69) is 28.9 Å². The minimum atomic E-state index is -0.116. The van der Waals surface area contributed by atoms with E-state index in [4.69, 9.17) is 0 Å². The zero-order valence-corrected chi connectivity index (χ0v) is 21.1. The number of likely N-dealkylation sites (tertiary alicyclic amines) is 1. The van der Waals surface area contributed by atoms with Crippen LogP contribution in [0.25, 0.3) is 16.8 Å². The largest absolute Gasteiger partial charge is 0.344 e. The highest BCUT2D eigenvalue weighted by Gasteiger charge is 2.29. The van der Waals surface area contributed by atoms with Crippen LogP contribution in [0, 0.1) is 0 Å². The van der Waals surface area contributed by atoms with Gasteiger partial charge < -0.3 is 4.90 Å². The Kier molecular flexibility index (Phi) is 9.79. The summed E-state index contributed by atoms with van der Waals surface area (Å²) in [4.78, 5) is 19.8. The van der Waals surface area contributed by atoms with E-state index in [1.807, 2.05) is 86.3 Å². The van der Waals surface area contributed by atoms with Crippen molar-refractivity contribution in [2.45, 2.75) is 52.5 Å². The summed E-state index contributed by atoms with van der Waals surface area (Å²) >= 11 is 0. The minimum Gasteiger partial charge on any atom is -0.320 e. The summed E-state index contributed by atoms with van der Waals surface area (Å²) in [5.74, 6) is 0. The first-order valence-corrected chi connectivity index (χ1v) is 12.5. The molecule has 1 atom stereocenters. The molecular weight excluding hydrogens is 432 g/mol. The van der Waals surface area contributed by atoms with Gasteiger partial charge in [0.15, 0.2) is 0 Å². The number of allylic oxidation sites excluding steroid dienone is 1. The highest BCUT2D eigenvalue weighted by atomic mass is 16.2. The van der Waals surface area contributed by atoms with Gasteiger partial charge in [0, 0.05) is 37.3 Å². The number of rotatable bonds is 6. The van der Waals surface area contributed by atoms with E-state index >= 15 is 0 Å². The molecule has 1 fully saturated rings. The van der Waals surface area contributed by atoms with E-state index in [9.17, 15) is 4.79 Å². The quantitative estimate of drug-likeness (QED) is 0.282.